The Labute approximate surface area is 151 Å². The van der Waals surface area contributed by atoms with Gasteiger partial charge in [0.05, 0.1) is 12.4 Å². The Morgan fingerprint density at radius 3 is 2.89 bits per heavy atom. The smallest absolute Gasteiger partial charge is 0.433 e. The van der Waals surface area contributed by atoms with Crippen LogP contribution < -0.4 is 5.32 Å². The second kappa shape index (κ2) is 6.69. The summed E-state index contributed by atoms with van der Waals surface area (Å²) >= 11 is 0. The zero-order valence-electron chi connectivity index (χ0n) is 14.0. The molecular formula is C17H15F3N4O3. The van der Waals surface area contributed by atoms with Gasteiger partial charge in [-0.1, -0.05) is 0 Å². The average molecular weight is 380 g/mol. The molecule has 0 spiro atoms. The Kier molecular flexibility index (Phi) is 4.34. The third-order valence-electron chi connectivity index (χ3n) is 4.24. The van der Waals surface area contributed by atoms with Crippen LogP contribution in [0.5, 0.6) is 0 Å². The van der Waals surface area contributed by atoms with Gasteiger partial charge < -0.3 is 14.5 Å². The predicted octanol–water partition coefficient (Wildman–Crippen LogP) is 2.92. The highest BCUT2D eigenvalue weighted by molar-refractivity contribution is 5.93. The van der Waals surface area contributed by atoms with Crippen LogP contribution in [0, 0.1) is 0 Å². The van der Waals surface area contributed by atoms with Gasteiger partial charge in [0.25, 0.3) is 5.91 Å². The molecule has 4 rings (SSSR count). The number of carbonyl (C=O) groups is 1. The maximum Gasteiger partial charge on any atom is 0.433 e. The molecule has 1 amide bonds. The quantitative estimate of drug-likeness (QED) is 0.753. The third kappa shape index (κ3) is 3.52. The van der Waals surface area contributed by atoms with Crippen LogP contribution in [0.25, 0.3) is 17.1 Å². The van der Waals surface area contributed by atoms with E-state index in [2.05, 4.69) is 15.4 Å². The minimum Gasteiger partial charge on any atom is -0.463 e. The van der Waals surface area contributed by atoms with Gasteiger partial charge in [0.15, 0.2) is 22.8 Å². The van der Waals surface area contributed by atoms with Gasteiger partial charge in [-0.2, -0.15) is 18.3 Å². The van der Waals surface area contributed by atoms with E-state index < -0.39 is 17.8 Å². The molecule has 0 aliphatic carbocycles. The highest BCUT2D eigenvalue weighted by atomic mass is 19.4. The van der Waals surface area contributed by atoms with Crippen molar-refractivity contribution >= 4 is 11.6 Å². The van der Waals surface area contributed by atoms with Gasteiger partial charge in [0.2, 0.25) is 0 Å². The Morgan fingerprint density at radius 2 is 2.22 bits per heavy atom. The fraction of sp³-hybridized carbons (Fsp3) is 0.353. The number of nitrogens with zero attached hydrogens (tertiary/aromatic N) is 3. The van der Waals surface area contributed by atoms with Gasteiger partial charge in [-0.15, -0.1) is 0 Å². The number of aromatic nitrogens is 3. The topological polar surface area (TPSA) is 81.7 Å². The van der Waals surface area contributed by atoms with E-state index in [4.69, 9.17) is 9.15 Å². The molecule has 0 saturated carbocycles. The highest BCUT2D eigenvalue weighted by Crippen LogP contribution is 2.32. The van der Waals surface area contributed by atoms with Crippen molar-refractivity contribution in [1.82, 2.24) is 19.9 Å². The van der Waals surface area contributed by atoms with Crippen LogP contribution in [0.4, 0.5) is 13.2 Å². The number of halogens is 3. The molecule has 7 nitrogen and oxygen atoms in total. The molecule has 1 saturated heterocycles. The molecule has 4 heterocycles. The van der Waals surface area contributed by atoms with Gasteiger partial charge >= 0.3 is 6.18 Å². The Balaban J connectivity index is 1.68. The van der Waals surface area contributed by atoms with Crippen LogP contribution in [0.2, 0.25) is 0 Å². The number of rotatable bonds is 4. The normalized spacial score (nSPS) is 17.5. The van der Waals surface area contributed by atoms with Crippen LogP contribution in [-0.4, -0.2) is 39.8 Å². The number of furan rings is 1. The molecule has 142 valence electrons. The van der Waals surface area contributed by atoms with Crippen LogP contribution in [0.1, 0.15) is 29.0 Å². The first kappa shape index (κ1) is 17.5. The number of hydrogen-bond acceptors (Lipinski definition) is 5. The van der Waals surface area contributed by atoms with E-state index >= 15 is 0 Å². The van der Waals surface area contributed by atoms with Gasteiger partial charge in [-0.05, 0) is 31.0 Å². The molecule has 3 aromatic rings. The molecule has 0 bridgehead atoms. The summed E-state index contributed by atoms with van der Waals surface area (Å²) in [4.78, 5) is 16.4. The molecule has 1 aliphatic heterocycles. The molecule has 1 fully saturated rings. The summed E-state index contributed by atoms with van der Waals surface area (Å²) in [6.07, 6.45) is -1.67. The summed E-state index contributed by atoms with van der Waals surface area (Å²) in [7, 11) is 0. The lowest BCUT2D eigenvalue weighted by atomic mass is 10.2. The van der Waals surface area contributed by atoms with Crippen molar-refractivity contribution in [1.29, 1.82) is 0 Å². The van der Waals surface area contributed by atoms with Crippen molar-refractivity contribution in [3.8, 4) is 11.5 Å². The molecular weight excluding hydrogens is 365 g/mol. The molecule has 1 atom stereocenters. The number of nitrogens with one attached hydrogen (secondary N) is 1. The van der Waals surface area contributed by atoms with Crippen LogP contribution in [0.3, 0.4) is 0 Å². The van der Waals surface area contributed by atoms with Gasteiger partial charge in [-0.3, -0.25) is 4.79 Å². The third-order valence-corrected chi connectivity index (χ3v) is 4.24. The monoisotopic (exact) mass is 380 g/mol. The summed E-state index contributed by atoms with van der Waals surface area (Å²) in [6.45, 7) is 0.924. The SMILES string of the molecule is O=C(NCC1CCCO1)c1cc2nc(-c3ccco3)cc(C(F)(F)F)n2n1. The van der Waals surface area contributed by atoms with Gasteiger partial charge in [-0.25, -0.2) is 9.50 Å². The standard InChI is InChI=1S/C17H15F3N4O3/c18-17(19,20)14-7-11(13-4-2-6-27-13)22-15-8-12(23-24(14)15)16(25)21-9-10-3-1-5-26-10/h2,4,6-8,10H,1,3,5,9H2,(H,21,25). The van der Waals surface area contributed by atoms with Gasteiger partial charge in [0.1, 0.15) is 5.69 Å². The fourth-order valence-corrected chi connectivity index (χ4v) is 2.94. The second-order valence-electron chi connectivity index (χ2n) is 6.15. The first-order valence-corrected chi connectivity index (χ1v) is 8.33. The van der Waals surface area contributed by atoms with E-state index in [0.29, 0.717) is 11.1 Å². The molecule has 27 heavy (non-hydrogen) atoms. The number of amides is 1. The minimum absolute atomic E-state index is 0.00559. The number of hydrogen-bond donors (Lipinski definition) is 1. The number of fused-ring (bicyclic) bond motifs is 1. The number of ether oxygens (including phenoxy) is 1. The zero-order chi connectivity index (χ0) is 19.0. The highest BCUT2D eigenvalue weighted by Gasteiger charge is 2.36. The van der Waals surface area contributed by atoms with E-state index in [0.717, 1.165) is 18.9 Å². The Hall–Kier alpha value is -2.88. The first-order valence-electron chi connectivity index (χ1n) is 8.33. The summed E-state index contributed by atoms with van der Waals surface area (Å²) in [5, 5.41) is 6.43. The maximum atomic E-state index is 13.5. The molecule has 3 aromatic heterocycles. The molecule has 1 N–H and O–H groups in total. The van der Waals surface area contributed by atoms with Gasteiger partial charge in [0, 0.05) is 19.2 Å². The van der Waals surface area contributed by atoms with Crippen molar-refractivity contribution in [3.05, 3.63) is 41.9 Å². The Bertz CT molecular complexity index is 960. The summed E-state index contributed by atoms with van der Waals surface area (Å²) in [6, 6.07) is 5.11. The van der Waals surface area contributed by atoms with Crippen LogP contribution >= 0.6 is 0 Å². The van der Waals surface area contributed by atoms with Crippen LogP contribution in [0.15, 0.2) is 34.9 Å². The minimum atomic E-state index is -4.68. The second-order valence-corrected chi connectivity index (χ2v) is 6.15. The zero-order valence-corrected chi connectivity index (χ0v) is 14.0. The van der Waals surface area contributed by atoms with Crippen molar-refractivity contribution in [2.45, 2.75) is 25.1 Å². The largest absolute Gasteiger partial charge is 0.463 e. The summed E-state index contributed by atoms with van der Waals surface area (Å²) in [5.74, 6) is -0.391. The number of alkyl halides is 3. The van der Waals surface area contributed by atoms with Crippen molar-refractivity contribution < 1.29 is 27.1 Å². The lowest BCUT2D eigenvalue weighted by Gasteiger charge is -2.10. The van der Waals surface area contributed by atoms with E-state index in [1.54, 1.807) is 6.07 Å². The van der Waals surface area contributed by atoms with E-state index in [9.17, 15) is 18.0 Å². The molecule has 0 radical (unpaired) electrons. The molecule has 1 unspecified atom stereocenters. The van der Waals surface area contributed by atoms with E-state index in [-0.39, 0.29) is 35.4 Å². The van der Waals surface area contributed by atoms with Crippen molar-refractivity contribution in [2.24, 2.45) is 0 Å². The molecule has 0 aromatic carbocycles. The molecule has 10 heteroatoms. The number of carbonyl (C=O) groups excluding carboxylic acids is 1. The predicted molar refractivity (Wildman–Crippen MR) is 87.0 cm³/mol. The van der Waals surface area contributed by atoms with Crippen molar-refractivity contribution in [3.63, 3.8) is 0 Å². The average Bonchev–Trinajstić information content (AvgIpc) is 3.38. The van der Waals surface area contributed by atoms with Crippen LogP contribution in [-0.2, 0) is 10.9 Å². The fourth-order valence-electron chi connectivity index (χ4n) is 2.94. The lowest BCUT2D eigenvalue weighted by molar-refractivity contribution is -0.142. The Morgan fingerprint density at radius 1 is 1.37 bits per heavy atom. The summed E-state index contributed by atoms with van der Waals surface area (Å²) in [5.41, 5.74) is -1.29. The maximum absolute atomic E-state index is 13.5. The van der Waals surface area contributed by atoms with E-state index in [1.165, 1.54) is 18.4 Å². The van der Waals surface area contributed by atoms with E-state index in [1.807, 2.05) is 0 Å². The first-order chi connectivity index (χ1) is 12.9. The van der Waals surface area contributed by atoms with Crippen molar-refractivity contribution in [2.75, 3.05) is 13.2 Å². The lowest BCUT2D eigenvalue weighted by Crippen LogP contribution is -2.32. The molecule has 1 aliphatic rings. The summed E-state index contributed by atoms with van der Waals surface area (Å²) < 4.78 is 51.6.